The molecule has 11 heteroatoms. The first-order valence-electron chi connectivity index (χ1n) is 6.70. The summed E-state index contributed by atoms with van der Waals surface area (Å²) in [4.78, 5) is 26.1. The lowest BCUT2D eigenvalue weighted by Gasteiger charge is -2.44. The number of azide groups is 1. The van der Waals surface area contributed by atoms with Gasteiger partial charge in [0.1, 0.15) is 23.4 Å². The quantitative estimate of drug-likeness (QED) is 0.287. The van der Waals surface area contributed by atoms with E-state index >= 15 is 0 Å². The summed E-state index contributed by atoms with van der Waals surface area (Å²) in [6.07, 6.45) is -4.03. The molecule has 0 saturated carbocycles. The van der Waals surface area contributed by atoms with Gasteiger partial charge in [0, 0.05) is 11.3 Å². The minimum absolute atomic E-state index is 0.000961. The molecule has 0 aromatic carbocycles. The van der Waals surface area contributed by atoms with Crippen molar-refractivity contribution in [3.05, 3.63) is 10.4 Å². The molecule has 2 aliphatic heterocycles. The van der Waals surface area contributed by atoms with E-state index in [0.29, 0.717) is 0 Å². The number of hydrogen-bond acceptors (Lipinski definition) is 6. The van der Waals surface area contributed by atoms with Gasteiger partial charge in [0.25, 0.3) is 5.91 Å². The van der Waals surface area contributed by atoms with Crippen molar-refractivity contribution in [2.24, 2.45) is 5.11 Å². The van der Waals surface area contributed by atoms with Crippen LogP contribution in [-0.2, 0) is 9.53 Å². The number of alkyl halides is 1. The third-order valence-corrected chi connectivity index (χ3v) is 4.51. The number of halogens is 1. The topological polar surface area (TPSA) is 148 Å². The Morgan fingerprint density at radius 1 is 1.64 bits per heavy atom. The Labute approximate surface area is 130 Å². The highest BCUT2D eigenvalue weighted by Crippen LogP contribution is 2.36. The predicted molar refractivity (Wildman–Crippen MR) is 73.6 cm³/mol. The number of aliphatic hydroxyl groups is 2. The molecule has 3 amide bonds. The summed E-state index contributed by atoms with van der Waals surface area (Å²) in [6, 6.07) is -0.831. The Hall–Kier alpha value is -1.58. The van der Waals surface area contributed by atoms with Gasteiger partial charge in [0.2, 0.25) is 0 Å². The third-order valence-electron chi connectivity index (χ3n) is 3.88. The number of hydrogen-bond donors (Lipinski definition) is 3. The molecule has 2 fully saturated rings. The first-order valence-corrected chi connectivity index (χ1v) is 7.08. The zero-order valence-corrected chi connectivity index (χ0v) is 12.5. The third kappa shape index (κ3) is 2.59. The summed E-state index contributed by atoms with van der Waals surface area (Å²) in [5.41, 5.74) is 8.73. The molecule has 3 N–H and O–H groups in total. The fourth-order valence-corrected chi connectivity index (χ4v) is 2.79. The second-order valence-corrected chi connectivity index (χ2v) is 5.75. The molecule has 0 aliphatic carbocycles. The largest absolute Gasteiger partial charge is 0.394 e. The molecule has 5 atom stereocenters. The predicted octanol–water partition coefficient (Wildman–Crippen LogP) is 0.0304. The van der Waals surface area contributed by atoms with Gasteiger partial charge >= 0.3 is 6.03 Å². The van der Waals surface area contributed by atoms with E-state index in [2.05, 4.69) is 15.3 Å². The number of carbonyl (C=O) groups excluding carboxylic acids is 2. The van der Waals surface area contributed by atoms with Crippen LogP contribution in [0, 0.1) is 0 Å². The summed E-state index contributed by atoms with van der Waals surface area (Å²) in [7, 11) is 0. The fraction of sp³-hybridized carbons (Fsp3) is 0.818. The van der Waals surface area contributed by atoms with Gasteiger partial charge in [0.05, 0.1) is 12.7 Å². The molecule has 0 unspecified atom stereocenters. The zero-order valence-electron chi connectivity index (χ0n) is 11.7. The second kappa shape index (κ2) is 6.27. The summed E-state index contributed by atoms with van der Waals surface area (Å²) in [6.45, 7) is 1.18. The van der Waals surface area contributed by atoms with Gasteiger partial charge in [-0.05, 0) is 12.0 Å². The molecule has 2 aliphatic rings. The Morgan fingerprint density at radius 3 is 2.82 bits per heavy atom. The molecule has 2 saturated heterocycles. The summed E-state index contributed by atoms with van der Waals surface area (Å²) in [5.74, 6) is -0.757. The maximum Gasteiger partial charge on any atom is 0.326 e. The monoisotopic (exact) mass is 333 g/mol. The van der Waals surface area contributed by atoms with Crippen molar-refractivity contribution in [3.63, 3.8) is 0 Å². The molecule has 22 heavy (non-hydrogen) atoms. The Morgan fingerprint density at radius 2 is 2.32 bits per heavy atom. The number of nitrogens with zero attached hydrogens (tertiary/aromatic N) is 4. The number of rotatable bonds is 4. The average Bonchev–Trinajstić information content (AvgIpc) is 2.85. The van der Waals surface area contributed by atoms with Gasteiger partial charge in [-0.3, -0.25) is 15.0 Å². The van der Waals surface area contributed by atoms with Crippen molar-refractivity contribution in [2.75, 3.05) is 6.61 Å². The van der Waals surface area contributed by atoms with Gasteiger partial charge in [0.15, 0.2) is 0 Å². The molecule has 2 heterocycles. The van der Waals surface area contributed by atoms with E-state index in [-0.39, 0.29) is 12.8 Å². The van der Waals surface area contributed by atoms with Crippen molar-refractivity contribution >= 4 is 23.5 Å². The lowest BCUT2D eigenvalue weighted by atomic mass is 9.97. The van der Waals surface area contributed by atoms with Crippen molar-refractivity contribution < 1.29 is 24.5 Å². The lowest BCUT2D eigenvalue weighted by molar-refractivity contribution is -0.131. The normalized spacial score (nSPS) is 38.6. The minimum atomic E-state index is -1.63. The lowest BCUT2D eigenvalue weighted by Crippen LogP contribution is -2.68. The number of amides is 3. The first-order chi connectivity index (χ1) is 10.4. The molecule has 0 spiro atoms. The number of carbonyl (C=O) groups is 2. The van der Waals surface area contributed by atoms with Crippen LogP contribution in [0.15, 0.2) is 5.11 Å². The van der Waals surface area contributed by atoms with E-state index in [1.807, 2.05) is 0 Å². The second-order valence-electron chi connectivity index (χ2n) is 5.08. The molecule has 0 aromatic heterocycles. The zero-order chi connectivity index (χ0) is 16.5. The average molecular weight is 334 g/mol. The molecular formula is C11H16ClN5O5. The van der Waals surface area contributed by atoms with Crippen molar-refractivity contribution in [3.8, 4) is 0 Å². The molecule has 0 radical (unpaired) electrons. The van der Waals surface area contributed by atoms with E-state index in [1.54, 1.807) is 6.92 Å². The van der Waals surface area contributed by atoms with Gasteiger partial charge in [-0.15, -0.1) is 11.6 Å². The summed E-state index contributed by atoms with van der Waals surface area (Å²) in [5, 5.41) is 24.5. The van der Waals surface area contributed by atoms with E-state index < -0.39 is 48.0 Å². The number of urea groups is 1. The molecule has 0 bridgehead atoms. The van der Waals surface area contributed by atoms with E-state index in [4.69, 9.17) is 27.0 Å². The van der Waals surface area contributed by atoms with Gasteiger partial charge < -0.3 is 14.9 Å². The Balaban J connectivity index is 2.37. The number of aliphatic hydroxyl groups excluding tert-OH is 2. The SMILES string of the molecule is CC[C@]1(Cl)C(=O)NC(=O)N([C@H]2C[C@H](O)[C@@H](CO)O2)[C@@H]1N=[N+]=[N-]. The van der Waals surface area contributed by atoms with Crippen LogP contribution in [0.3, 0.4) is 0 Å². The molecule has 2 rings (SSSR count). The fourth-order valence-electron chi connectivity index (χ4n) is 2.59. The number of ether oxygens (including phenoxy) is 1. The maximum atomic E-state index is 12.1. The molecular weight excluding hydrogens is 318 g/mol. The highest BCUT2D eigenvalue weighted by Gasteiger charge is 2.55. The summed E-state index contributed by atoms with van der Waals surface area (Å²) >= 11 is 6.26. The van der Waals surface area contributed by atoms with Crippen molar-refractivity contribution in [2.45, 2.75) is 49.2 Å². The standard InChI is InChI=1S/C11H16ClN5O5/c1-2-11(12)8(15-16-13)17(10(21)14-9(11)20)7-3-5(19)6(4-18)22-7/h5-8,18-19H,2-4H2,1H3,(H,14,20,21)/t5-,6+,7+,8-,11+/m0/s1. The van der Waals surface area contributed by atoms with Gasteiger partial charge in [-0.25, -0.2) is 4.79 Å². The minimum Gasteiger partial charge on any atom is -0.394 e. The van der Waals surface area contributed by atoms with Crippen LogP contribution in [0.4, 0.5) is 4.79 Å². The molecule has 122 valence electrons. The molecule has 10 nitrogen and oxygen atoms in total. The summed E-state index contributed by atoms with van der Waals surface area (Å²) < 4.78 is 5.39. The van der Waals surface area contributed by atoms with E-state index in [0.717, 1.165) is 4.90 Å². The highest BCUT2D eigenvalue weighted by atomic mass is 35.5. The smallest absolute Gasteiger partial charge is 0.326 e. The van der Waals surface area contributed by atoms with Crippen LogP contribution < -0.4 is 5.32 Å². The number of nitrogens with one attached hydrogen (secondary N) is 1. The van der Waals surface area contributed by atoms with Crippen LogP contribution in [0.25, 0.3) is 10.4 Å². The van der Waals surface area contributed by atoms with Gasteiger partial charge in [-0.2, -0.15) is 0 Å². The maximum absolute atomic E-state index is 12.1. The molecule has 0 aromatic rings. The van der Waals surface area contributed by atoms with Crippen LogP contribution >= 0.6 is 11.6 Å². The van der Waals surface area contributed by atoms with Crippen molar-refractivity contribution in [1.29, 1.82) is 0 Å². The Kier molecular flexibility index (Phi) is 4.78. The van der Waals surface area contributed by atoms with Crippen LogP contribution in [-0.4, -0.2) is 63.1 Å². The Bertz CT molecular complexity index is 527. The van der Waals surface area contributed by atoms with E-state index in [1.165, 1.54) is 0 Å². The van der Waals surface area contributed by atoms with E-state index in [9.17, 15) is 14.7 Å². The van der Waals surface area contributed by atoms with Gasteiger partial charge in [-0.1, -0.05) is 12.0 Å². The van der Waals surface area contributed by atoms with Crippen LogP contribution in [0.1, 0.15) is 19.8 Å². The number of imide groups is 1. The van der Waals surface area contributed by atoms with Crippen molar-refractivity contribution in [1.82, 2.24) is 10.2 Å². The highest BCUT2D eigenvalue weighted by molar-refractivity contribution is 6.37. The van der Waals surface area contributed by atoms with Crippen LogP contribution in [0.2, 0.25) is 0 Å². The van der Waals surface area contributed by atoms with Crippen LogP contribution in [0.5, 0.6) is 0 Å². The first kappa shape index (κ1) is 16.8.